The van der Waals surface area contributed by atoms with Crippen LogP contribution in [0.2, 0.25) is 5.15 Å². The maximum Gasteiger partial charge on any atom is 0.342 e. The zero-order valence-corrected chi connectivity index (χ0v) is 17.0. The van der Waals surface area contributed by atoms with Crippen LogP contribution in [0.25, 0.3) is 16.9 Å². The Morgan fingerprint density at radius 2 is 1.68 bits per heavy atom. The molecule has 8 heteroatoms. The van der Waals surface area contributed by atoms with Crippen LogP contribution in [0.4, 0.5) is 5.69 Å². The highest BCUT2D eigenvalue weighted by Crippen LogP contribution is 2.24. The van der Waals surface area contributed by atoms with Crippen LogP contribution in [0.5, 0.6) is 0 Å². The lowest BCUT2D eigenvalue weighted by molar-refractivity contribution is -0.119. The van der Waals surface area contributed by atoms with E-state index in [1.54, 1.807) is 23.0 Å². The van der Waals surface area contributed by atoms with Gasteiger partial charge >= 0.3 is 5.97 Å². The third-order valence-electron chi connectivity index (χ3n) is 4.37. The molecule has 4 aromatic rings. The van der Waals surface area contributed by atoms with Crippen molar-refractivity contribution in [3.05, 3.63) is 95.9 Å². The number of pyridine rings is 1. The number of amides is 1. The number of carbonyl (C=O) groups is 2. The van der Waals surface area contributed by atoms with Gasteiger partial charge in [-0.2, -0.15) is 5.10 Å². The molecule has 0 saturated heterocycles. The molecule has 31 heavy (non-hydrogen) atoms. The lowest BCUT2D eigenvalue weighted by Gasteiger charge is -2.07. The van der Waals surface area contributed by atoms with Crippen LogP contribution in [-0.2, 0) is 9.53 Å². The third-order valence-corrected chi connectivity index (χ3v) is 4.67. The highest BCUT2D eigenvalue weighted by molar-refractivity contribution is 6.32. The van der Waals surface area contributed by atoms with Gasteiger partial charge in [0, 0.05) is 18.0 Å². The Morgan fingerprint density at radius 1 is 0.968 bits per heavy atom. The van der Waals surface area contributed by atoms with E-state index < -0.39 is 18.5 Å². The first-order valence-corrected chi connectivity index (χ1v) is 9.77. The minimum atomic E-state index is -0.659. The van der Waals surface area contributed by atoms with Gasteiger partial charge in [0.2, 0.25) is 0 Å². The first kappa shape index (κ1) is 20.3. The highest BCUT2D eigenvalue weighted by atomic mass is 35.5. The molecule has 1 amide bonds. The number of hydrogen-bond donors (Lipinski definition) is 1. The van der Waals surface area contributed by atoms with Crippen molar-refractivity contribution in [3.63, 3.8) is 0 Å². The molecule has 1 N–H and O–H groups in total. The Balaban J connectivity index is 1.55. The number of halogens is 1. The van der Waals surface area contributed by atoms with Crippen molar-refractivity contribution in [3.8, 4) is 16.9 Å². The number of hydrogen-bond acceptors (Lipinski definition) is 5. The summed E-state index contributed by atoms with van der Waals surface area (Å²) in [7, 11) is 0. The molecule has 2 heterocycles. The van der Waals surface area contributed by atoms with Crippen molar-refractivity contribution in [1.82, 2.24) is 14.8 Å². The van der Waals surface area contributed by atoms with E-state index in [1.165, 1.54) is 6.20 Å². The fourth-order valence-electron chi connectivity index (χ4n) is 2.92. The van der Waals surface area contributed by atoms with Crippen molar-refractivity contribution in [2.45, 2.75) is 0 Å². The summed E-state index contributed by atoms with van der Waals surface area (Å²) >= 11 is 5.93. The Morgan fingerprint density at radius 3 is 2.39 bits per heavy atom. The molecule has 0 aliphatic rings. The lowest BCUT2D eigenvalue weighted by atomic mass is 10.1. The number of nitrogens with one attached hydrogen (secondary N) is 1. The minimum absolute atomic E-state index is 0.151. The number of para-hydroxylation sites is 1. The molecule has 2 aromatic carbocycles. The van der Waals surface area contributed by atoms with Gasteiger partial charge in [0.25, 0.3) is 5.91 Å². The third kappa shape index (κ3) is 4.79. The molecule has 0 aliphatic heterocycles. The summed E-state index contributed by atoms with van der Waals surface area (Å²) in [5.74, 6) is -1.19. The van der Waals surface area contributed by atoms with Gasteiger partial charge in [0.1, 0.15) is 11.3 Å². The predicted molar refractivity (Wildman–Crippen MR) is 117 cm³/mol. The Kier molecular flexibility index (Phi) is 6.05. The standard InChI is InChI=1S/C23H17ClN4O3/c24-22-19(12-7-13-25-22)26-20(29)15-31-23(30)18-14-28(17-10-5-2-6-11-17)27-21(18)16-8-3-1-4-9-16/h1-14H,15H2,(H,26,29). The Bertz CT molecular complexity index is 1210. The summed E-state index contributed by atoms with van der Waals surface area (Å²) in [6, 6.07) is 22.0. The van der Waals surface area contributed by atoms with Crippen LogP contribution < -0.4 is 5.32 Å². The Labute approximate surface area is 183 Å². The molecule has 0 unspecified atom stereocenters. The zero-order valence-electron chi connectivity index (χ0n) is 16.2. The Hall–Kier alpha value is -3.97. The molecule has 0 saturated carbocycles. The smallest absolute Gasteiger partial charge is 0.342 e. The van der Waals surface area contributed by atoms with Gasteiger partial charge in [-0.3, -0.25) is 4.79 Å². The van der Waals surface area contributed by atoms with Crippen LogP contribution in [-0.4, -0.2) is 33.2 Å². The number of aromatic nitrogens is 3. The lowest BCUT2D eigenvalue weighted by Crippen LogP contribution is -2.21. The molecule has 2 aromatic heterocycles. The van der Waals surface area contributed by atoms with Gasteiger partial charge in [-0.15, -0.1) is 0 Å². The van der Waals surface area contributed by atoms with Crippen LogP contribution in [0.3, 0.4) is 0 Å². The van der Waals surface area contributed by atoms with E-state index in [0.29, 0.717) is 11.4 Å². The summed E-state index contributed by atoms with van der Waals surface area (Å²) in [4.78, 5) is 28.9. The number of carbonyl (C=O) groups excluding carboxylic acids is 2. The van der Waals surface area contributed by atoms with Crippen LogP contribution >= 0.6 is 11.6 Å². The largest absolute Gasteiger partial charge is 0.452 e. The predicted octanol–water partition coefficient (Wildman–Crippen LogP) is 4.38. The topological polar surface area (TPSA) is 86.1 Å². The fourth-order valence-corrected chi connectivity index (χ4v) is 3.09. The summed E-state index contributed by atoms with van der Waals surface area (Å²) in [5, 5.41) is 7.28. The monoisotopic (exact) mass is 432 g/mol. The molecule has 0 aliphatic carbocycles. The minimum Gasteiger partial charge on any atom is -0.452 e. The van der Waals surface area contributed by atoms with E-state index >= 15 is 0 Å². The molecule has 0 fully saturated rings. The average Bonchev–Trinajstić information content (AvgIpc) is 3.26. The number of rotatable bonds is 6. The van der Waals surface area contributed by atoms with Crippen molar-refractivity contribution in [2.75, 3.05) is 11.9 Å². The molecule has 0 spiro atoms. The van der Waals surface area contributed by atoms with Gasteiger partial charge in [-0.05, 0) is 24.3 Å². The van der Waals surface area contributed by atoms with Crippen LogP contribution in [0.1, 0.15) is 10.4 Å². The van der Waals surface area contributed by atoms with Crippen molar-refractivity contribution >= 4 is 29.2 Å². The van der Waals surface area contributed by atoms with Crippen molar-refractivity contribution < 1.29 is 14.3 Å². The van der Waals surface area contributed by atoms with Gasteiger partial charge in [-0.1, -0.05) is 60.1 Å². The van der Waals surface area contributed by atoms with Gasteiger partial charge in [-0.25, -0.2) is 14.5 Å². The zero-order chi connectivity index (χ0) is 21.6. The van der Waals surface area contributed by atoms with E-state index in [-0.39, 0.29) is 10.7 Å². The van der Waals surface area contributed by atoms with Gasteiger partial charge in [0.15, 0.2) is 11.8 Å². The summed E-state index contributed by atoms with van der Waals surface area (Å²) < 4.78 is 6.85. The SMILES string of the molecule is O=C(COC(=O)c1cn(-c2ccccc2)nc1-c1ccccc1)Nc1cccnc1Cl. The van der Waals surface area contributed by atoms with Crippen LogP contribution in [0, 0.1) is 0 Å². The molecule has 4 rings (SSSR count). The summed E-state index contributed by atoms with van der Waals surface area (Å²) in [6.07, 6.45) is 3.10. The van der Waals surface area contributed by atoms with E-state index in [2.05, 4.69) is 15.4 Å². The maximum atomic E-state index is 12.8. The van der Waals surface area contributed by atoms with E-state index in [1.807, 2.05) is 60.7 Å². The van der Waals surface area contributed by atoms with Crippen molar-refractivity contribution in [2.24, 2.45) is 0 Å². The number of nitrogens with zero attached hydrogens (tertiary/aromatic N) is 3. The molecule has 0 atom stereocenters. The number of anilines is 1. The van der Waals surface area contributed by atoms with Gasteiger partial charge < -0.3 is 10.1 Å². The second kappa shape index (κ2) is 9.23. The highest BCUT2D eigenvalue weighted by Gasteiger charge is 2.21. The molecule has 154 valence electrons. The first-order valence-electron chi connectivity index (χ1n) is 9.40. The van der Waals surface area contributed by atoms with E-state index in [0.717, 1.165) is 11.3 Å². The number of benzene rings is 2. The van der Waals surface area contributed by atoms with Gasteiger partial charge in [0.05, 0.1) is 11.4 Å². The van der Waals surface area contributed by atoms with E-state index in [4.69, 9.17) is 16.3 Å². The second-order valence-electron chi connectivity index (χ2n) is 6.50. The quantitative estimate of drug-likeness (QED) is 0.361. The molecule has 7 nitrogen and oxygen atoms in total. The summed E-state index contributed by atoms with van der Waals surface area (Å²) in [5.41, 5.74) is 2.61. The van der Waals surface area contributed by atoms with Crippen molar-refractivity contribution in [1.29, 1.82) is 0 Å². The molecular weight excluding hydrogens is 416 g/mol. The normalized spacial score (nSPS) is 10.5. The second-order valence-corrected chi connectivity index (χ2v) is 6.86. The maximum absolute atomic E-state index is 12.8. The molecule has 0 radical (unpaired) electrons. The summed E-state index contributed by atoms with van der Waals surface area (Å²) in [6.45, 7) is -0.477. The van der Waals surface area contributed by atoms with Crippen LogP contribution in [0.15, 0.2) is 85.2 Å². The molecule has 0 bridgehead atoms. The average molecular weight is 433 g/mol. The first-order chi connectivity index (χ1) is 15.1. The fraction of sp³-hybridized carbons (Fsp3) is 0.0435. The molecular formula is C23H17ClN4O3. The number of esters is 1. The van der Waals surface area contributed by atoms with E-state index in [9.17, 15) is 9.59 Å². The number of ether oxygens (including phenoxy) is 1.